The molecule has 5 heteroatoms. The lowest BCUT2D eigenvalue weighted by Gasteiger charge is -2.29. The number of nitrogens with two attached hydrogens (primary N) is 1. The summed E-state index contributed by atoms with van der Waals surface area (Å²) in [7, 11) is 0. The number of hydrogen-bond acceptors (Lipinski definition) is 3. The van der Waals surface area contributed by atoms with Crippen LogP contribution in [-0.2, 0) is 15.1 Å². The molecule has 1 atom stereocenters. The molecule has 1 aliphatic carbocycles. The van der Waals surface area contributed by atoms with Crippen LogP contribution >= 0.6 is 0 Å². The van der Waals surface area contributed by atoms with Gasteiger partial charge in [-0.25, -0.2) is 4.79 Å². The van der Waals surface area contributed by atoms with Crippen LogP contribution in [0.1, 0.15) is 44.6 Å². The SMILES string of the molecule is CC(NC(=O)CC1(N)CCCC1)(C(=O)O)c1ccccc1. The molecular formula is C16H22N2O3. The van der Waals surface area contributed by atoms with Gasteiger partial charge in [0.2, 0.25) is 5.91 Å². The van der Waals surface area contributed by atoms with Gasteiger partial charge in [0, 0.05) is 12.0 Å². The summed E-state index contributed by atoms with van der Waals surface area (Å²) in [5.41, 5.74) is 4.81. The number of amides is 1. The second-order valence-corrected chi connectivity index (χ2v) is 6.09. The lowest BCUT2D eigenvalue weighted by molar-refractivity contribution is -0.147. The second-order valence-electron chi connectivity index (χ2n) is 6.09. The third kappa shape index (κ3) is 3.42. The maximum atomic E-state index is 12.2. The highest BCUT2D eigenvalue weighted by atomic mass is 16.4. The Labute approximate surface area is 124 Å². The Morgan fingerprint density at radius 1 is 1.29 bits per heavy atom. The smallest absolute Gasteiger partial charge is 0.333 e. The first-order valence-electron chi connectivity index (χ1n) is 7.25. The van der Waals surface area contributed by atoms with E-state index in [9.17, 15) is 14.7 Å². The van der Waals surface area contributed by atoms with Crippen molar-refractivity contribution in [2.24, 2.45) is 5.73 Å². The molecule has 0 spiro atoms. The summed E-state index contributed by atoms with van der Waals surface area (Å²) in [6.07, 6.45) is 3.85. The van der Waals surface area contributed by atoms with E-state index in [4.69, 9.17) is 5.73 Å². The molecular weight excluding hydrogens is 268 g/mol. The summed E-state index contributed by atoms with van der Waals surface area (Å²) >= 11 is 0. The Morgan fingerprint density at radius 2 is 1.86 bits per heavy atom. The van der Waals surface area contributed by atoms with Gasteiger partial charge in [0.1, 0.15) is 0 Å². The molecule has 1 aromatic carbocycles. The number of carbonyl (C=O) groups excluding carboxylic acids is 1. The highest BCUT2D eigenvalue weighted by Crippen LogP contribution is 2.30. The van der Waals surface area contributed by atoms with E-state index in [1.165, 1.54) is 6.92 Å². The van der Waals surface area contributed by atoms with Gasteiger partial charge in [-0.1, -0.05) is 43.2 Å². The lowest BCUT2D eigenvalue weighted by Crippen LogP contribution is -2.52. The standard InChI is InChI=1S/C16H22N2O3/c1-15(14(20)21,12-7-3-2-4-8-12)18-13(19)11-16(17)9-5-6-10-16/h2-4,7-8H,5-6,9-11,17H2,1H3,(H,18,19)(H,20,21). The predicted molar refractivity (Wildman–Crippen MR) is 79.6 cm³/mol. The number of hydrogen-bond donors (Lipinski definition) is 3. The molecule has 21 heavy (non-hydrogen) atoms. The van der Waals surface area contributed by atoms with Crippen molar-refractivity contribution >= 4 is 11.9 Å². The normalized spacial score (nSPS) is 19.7. The van der Waals surface area contributed by atoms with Crippen molar-refractivity contribution in [3.63, 3.8) is 0 Å². The highest BCUT2D eigenvalue weighted by Gasteiger charge is 2.39. The molecule has 2 rings (SSSR count). The molecule has 1 aliphatic rings. The van der Waals surface area contributed by atoms with Crippen molar-refractivity contribution in [2.75, 3.05) is 0 Å². The quantitative estimate of drug-likeness (QED) is 0.770. The van der Waals surface area contributed by atoms with Crippen LogP contribution < -0.4 is 11.1 Å². The molecule has 4 N–H and O–H groups in total. The van der Waals surface area contributed by atoms with E-state index in [0.29, 0.717) is 5.56 Å². The zero-order valence-electron chi connectivity index (χ0n) is 12.3. The van der Waals surface area contributed by atoms with Crippen LogP contribution in [0, 0.1) is 0 Å². The minimum Gasteiger partial charge on any atom is -0.479 e. The topological polar surface area (TPSA) is 92.4 Å². The van der Waals surface area contributed by atoms with E-state index >= 15 is 0 Å². The molecule has 1 aromatic rings. The summed E-state index contributed by atoms with van der Waals surface area (Å²) < 4.78 is 0. The van der Waals surface area contributed by atoms with E-state index in [2.05, 4.69) is 5.32 Å². The fourth-order valence-corrected chi connectivity index (χ4v) is 2.92. The maximum Gasteiger partial charge on any atom is 0.333 e. The van der Waals surface area contributed by atoms with Gasteiger partial charge in [0.05, 0.1) is 0 Å². The molecule has 1 amide bonds. The summed E-state index contributed by atoms with van der Waals surface area (Å²) in [5.74, 6) is -1.40. The summed E-state index contributed by atoms with van der Waals surface area (Å²) in [5, 5.41) is 12.2. The molecule has 1 fully saturated rings. The zero-order valence-corrected chi connectivity index (χ0v) is 12.3. The Morgan fingerprint density at radius 3 is 2.38 bits per heavy atom. The van der Waals surface area contributed by atoms with Gasteiger partial charge in [-0.05, 0) is 25.3 Å². The van der Waals surface area contributed by atoms with Crippen molar-refractivity contribution in [1.82, 2.24) is 5.32 Å². The third-order valence-electron chi connectivity index (χ3n) is 4.28. The number of rotatable bonds is 5. The average Bonchev–Trinajstić information content (AvgIpc) is 2.85. The zero-order chi connectivity index (χ0) is 15.5. The number of aliphatic carboxylic acids is 1. The van der Waals surface area contributed by atoms with Gasteiger partial charge >= 0.3 is 5.97 Å². The molecule has 0 heterocycles. The van der Waals surface area contributed by atoms with Gasteiger partial charge in [0.15, 0.2) is 5.54 Å². The van der Waals surface area contributed by atoms with E-state index in [1.54, 1.807) is 30.3 Å². The lowest BCUT2D eigenvalue weighted by atomic mass is 9.90. The van der Waals surface area contributed by atoms with Crippen LogP contribution in [0.2, 0.25) is 0 Å². The number of carboxylic acids is 1. The van der Waals surface area contributed by atoms with Crippen LogP contribution in [0.4, 0.5) is 0 Å². The molecule has 0 saturated heterocycles. The minimum absolute atomic E-state index is 0.169. The van der Waals surface area contributed by atoms with E-state index in [0.717, 1.165) is 25.7 Å². The molecule has 0 radical (unpaired) electrons. The van der Waals surface area contributed by atoms with Crippen molar-refractivity contribution in [1.29, 1.82) is 0 Å². The van der Waals surface area contributed by atoms with E-state index < -0.39 is 17.0 Å². The van der Waals surface area contributed by atoms with Crippen LogP contribution in [0.25, 0.3) is 0 Å². The van der Waals surface area contributed by atoms with Gasteiger partial charge in [-0.3, -0.25) is 4.79 Å². The monoisotopic (exact) mass is 290 g/mol. The summed E-state index contributed by atoms with van der Waals surface area (Å²) in [6, 6.07) is 8.71. The maximum absolute atomic E-state index is 12.2. The highest BCUT2D eigenvalue weighted by molar-refractivity contribution is 5.88. The van der Waals surface area contributed by atoms with Gasteiger partial charge in [0.25, 0.3) is 0 Å². The van der Waals surface area contributed by atoms with E-state index in [-0.39, 0.29) is 12.3 Å². The first-order valence-corrected chi connectivity index (χ1v) is 7.25. The summed E-state index contributed by atoms with van der Waals surface area (Å²) in [4.78, 5) is 23.9. The van der Waals surface area contributed by atoms with Crippen LogP contribution in [0.5, 0.6) is 0 Å². The van der Waals surface area contributed by atoms with Gasteiger partial charge < -0.3 is 16.2 Å². The number of nitrogens with one attached hydrogen (secondary N) is 1. The molecule has 114 valence electrons. The van der Waals surface area contributed by atoms with Crippen LogP contribution in [0.15, 0.2) is 30.3 Å². The van der Waals surface area contributed by atoms with Gasteiger partial charge in [-0.15, -0.1) is 0 Å². The number of carboxylic acid groups (broad SMARTS) is 1. The van der Waals surface area contributed by atoms with Crippen LogP contribution in [-0.4, -0.2) is 22.5 Å². The Bertz CT molecular complexity index is 524. The second kappa shape index (κ2) is 5.85. The minimum atomic E-state index is -1.44. The predicted octanol–water partition coefficient (Wildman–Crippen LogP) is 1.76. The third-order valence-corrected chi connectivity index (χ3v) is 4.28. The Hall–Kier alpha value is -1.88. The number of carbonyl (C=O) groups is 2. The molecule has 0 aromatic heterocycles. The van der Waals surface area contributed by atoms with Crippen molar-refractivity contribution in [3.8, 4) is 0 Å². The number of benzene rings is 1. The first-order chi connectivity index (χ1) is 9.86. The molecule has 1 unspecified atom stereocenters. The van der Waals surface area contributed by atoms with Crippen molar-refractivity contribution in [2.45, 2.75) is 50.1 Å². The molecule has 0 bridgehead atoms. The Balaban J connectivity index is 2.13. The van der Waals surface area contributed by atoms with Crippen molar-refractivity contribution < 1.29 is 14.7 Å². The first kappa shape index (κ1) is 15.5. The fourth-order valence-electron chi connectivity index (χ4n) is 2.92. The Kier molecular flexibility index (Phi) is 4.32. The fraction of sp³-hybridized carbons (Fsp3) is 0.500. The molecule has 5 nitrogen and oxygen atoms in total. The summed E-state index contributed by atoms with van der Waals surface area (Å²) in [6.45, 7) is 1.50. The molecule has 0 aliphatic heterocycles. The van der Waals surface area contributed by atoms with Gasteiger partial charge in [-0.2, -0.15) is 0 Å². The van der Waals surface area contributed by atoms with Crippen LogP contribution in [0.3, 0.4) is 0 Å². The molecule has 1 saturated carbocycles. The largest absolute Gasteiger partial charge is 0.479 e. The van der Waals surface area contributed by atoms with Crippen molar-refractivity contribution in [3.05, 3.63) is 35.9 Å². The van der Waals surface area contributed by atoms with E-state index in [1.807, 2.05) is 0 Å². The average molecular weight is 290 g/mol.